The lowest BCUT2D eigenvalue weighted by atomic mass is 10.2. The predicted molar refractivity (Wildman–Crippen MR) is 82.9 cm³/mol. The molecule has 4 heteroatoms. The first kappa shape index (κ1) is 15.0. The highest BCUT2D eigenvalue weighted by Gasteiger charge is 2.17. The summed E-state index contributed by atoms with van der Waals surface area (Å²) in [5.74, 6) is 0.110. The molecular weight excluding hydrogens is 250 g/mol. The molecule has 2 N–H and O–H groups in total. The second kappa shape index (κ2) is 7.41. The molecule has 1 aliphatic heterocycles. The predicted octanol–water partition coefficient (Wildman–Crippen LogP) is 2.01. The Morgan fingerprint density at radius 2 is 2.35 bits per heavy atom. The fourth-order valence-electron chi connectivity index (χ4n) is 2.60. The molecule has 1 fully saturated rings. The minimum atomic E-state index is 0.110. The van der Waals surface area contributed by atoms with Crippen LogP contribution in [0.5, 0.6) is 0 Å². The van der Waals surface area contributed by atoms with Gasteiger partial charge in [0.2, 0.25) is 5.91 Å². The van der Waals surface area contributed by atoms with Gasteiger partial charge < -0.3 is 10.6 Å². The number of benzene rings is 1. The third kappa shape index (κ3) is 4.62. The number of nitrogens with zero attached hydrogens (tertiary/aromatic N) is 1. The van der Waals surface area contributed by atoms with E-state index >= 15 is 0 Å². The van der Waals surface area contributed by atoms with Crippen molar-refractivity contribution >= 4 is 11.6 Å². The number of hydrogen-bond acceptors (Lipinski definition) is 3. The summed E-state index contributed by atoms with van der Waals surface area (Å²) in [6, 6.07) is 8.50. The molecule has 0 aromatic heterocycles. The molecule has 4 nitrogen and oxygen atoms in total. The molecule has 1 aliphatic rings. The fraction of sp³-hybridized carbons (Fsp3) is 0.562. The van der Waals surface area contributed by atoms with Crippen molar-refractivity contribution in [3.8, 4) is 0 Å². The molecule has 0 bridgehead atoms. The number of nitrogens with one attached hydrogen (secondary N) is 2. The van der Waals surface area contributed by atoms with E-state index in [4.69, 9.17) is 0 Å². The molecule has 110 valence electrons. The maximum Gasteiger partial charge on any atom is 0.224 e. The van der Waals surface area contributed by atoms with Gasteiger partial charge in [0, 0.05) is 37.8 Å². The van der Waals surface area contributed by atoms with Gasteiger partial charge in [-0.15, -0.1) is 0 Å². The van der Waals surface area contributed by atoms with Gasteiger partial charge in [0.15, 0.2) is 0 Å². The summed E-state index contributed by atoms with van der Waals surface area (Å²) in [5.41, 5.74) is 2.06. The zero-order chi connectivity index (χ0) is 14.4. The highest BCUT2D eigenvalue weighted by Crippen LogP contribution is 2.10. The van der Waals surface area contributed by atoms with Crippen molar-refractivity contribution in [2.45, 2.75) is 32.7 Å². The number of aryl methyl sites for hydroxylation is 1. The smallest absolute Gasteiger partial charge is 0.224 e. The normalized spacial score (nSPS) is 19.8. The van der Waals surface area contributed by atoms with Gasteiger partial charge in [0.1, 0.15) is 0 Å². The Bertz CT molecular complexity index is 447. The van der Waals surface area contributed by atoms with Crippen LogP contribution in [-0.2, 0) is 4.79 Å². The zero-order valence-electron chi connectivity index (χ0n) is 12.5. The van der Waals surface area contributed by atoms with Gasteiger partial charge in [-0.25, -0.2) is 0 Å². The van der Waals surface area contributed by atoms with Crippen molar-refractivity contribution in [1.82, 2.24) is 10.2 Å². The van der Waals surface area contributed by atoms with Crippen LogP contribution in [0, 0.1) is 6.92 Å². The van der Waals surface area contributed by atoms with Gasteiger partial charge in [0.05, 0.1) is 0 Å². The van der Waals surface area contributed by atoms with E-state index in [-0.39, 0.29) is 5.91 Å². The van der Waals surface area contributed by atoms with Crippen molar-refractivity contribution in [2.75, 3.05) is 31.5 Å². The van der Waals surface area contributed by atoms with E-state index in [9.17, 15) is 4.79 Å². The van der Waals surface area contributed by atoms with Crippen LogP contribution in [0.1, 0.15) is 25.3 Å². The Hall–Kier alpha value is -1.39. The molecule has 0 unspecified atom stereocenters. The van der Waals surface area contributed by atoms with Crippen molar-refractivity contribution in [2.24, 2.45) is 0 Å². The quantitative estimate of drug-likeness (QED) is 0.864. The van der Waals surface area contributed by atoms with E-state index in [1.807, 2.05) is 31.2 Å². The Kier molecular flexibility index (Phi) is 5.56. The largest absolute Gasteiger partial charge is 0.326 e. The van der Waals surface area contributed by atoms with Crippen molar-refractivity contribution in [3.63, 3.8) is 0 Å². The SMILES string of the molecule is Cc1cccc(NC(=O)CCCN2CCNC[C@@H]2C)c1. The minimum absolute atomic E-state index is 0.110. The van der Waals surface area contributed by atoms with E-state index in [0.717, 1.165) is 43.9 Å². The highest BCUT2D eigenvalue weighted by molar-refractivity contribution is 5.90. The second-order valence-electron chi connectivity index (χ2n) is 5.61. The Labute approximate surface area is 121 Å². The number of amides is 1. The van der Waals surface area contributed by atoms with Crippen molar-refractivity contribution < 1.29 is 4.79 Å². The first-order chi connectivity index (χ1) is 9.65. The van der Waals surface area contributed by atoms with Crippen LogP contribution in [0.3, 0.4) is 0 Å². The lowest BCUT2D eigenvalue weighted by Crippen LogP contribution is -2.49. The number of piperazine rings is 1. The average molecular weight is 275 g/mol. The Morgan fingerprint density at radius 3 is 3.10 bits per heavy atom. The summed E-state index contributed by atoms with van der Waals surface area (Å²) >= 11 is 0. The molecule has 1 atom stereocenters. The highest BCUT2D eigenvalue weighted by atomic mass is 16.1. The standard InChI is InChI=1S/C16H25N3O/c1-13-5-3-6-15(11-13)18-16(20)7-4-9-19-10-8-17-12-14(19)2/h3,5-6,11,14,17H,4,7-10,12H2,1-2H3,(H,18,20)/t14-/m0/s1. The summed E-state index contributed by atoms with van der Waals surface area (Å²) < 4.78 is 0. The molecule has 1 saturated heterocycles. The van der Waals surface area contributed by atoms with Crippen LogP contribution in [0.2, 0.25) is 0 Å². The summed E-state index contributed by atoms with van der Waals surface area (Å²) in [4.78, 5) is 14.4. The molecule has 0 spiro atoms. The molecule has 1 heterocycles. The fourth-order valence-corrected chi connectivity index (χ4v) is 2.60. The summed E-state index contributed by atoms with van der Waals surface area (Å²) in [5, 5.41) is 6.34. The van der Waals surface area contributed by atoms with Crippen LogP contribution < -0.4 is 10.6 Å². The molecule has 1 amide bonds. The molecule has 0 radical (unpaired) electrons. The van der Waals surface area contributed by atoms with Crippen LogP contribution in [0.25, 0.3) is 0 Å². The van der Waals surface area contributed by atoms with Gasteiger partial charge in [0.25, 0.3) is 0 Å². The maximum absolute atomic E-state index is 11.9. The number of rotatable bonds is 5. The number of hydrogen-bond donors (Lipinski definition) is 2. The van der Waals surface area contributed by atoms with E-state index in [2.05, 4.69) is 22.5 Å². The summed E-state index contributed by atoms with van der Waals surface area (Å²) in [6.45, 7) is 8.46. The minimum Gasteiger partial charge on any atom is -0.326 e. The van der Waals surface area contributed by atoms with Crippen LogP contribution in [0.4, 0.5) is 5.69 Å². The van der Waals surface area contributed by atoms with Gasteiger partial charge in [-0.3, -0.25) is 9.69 Å². The van der Waals surface area contributed by atoms with Gasteiger partial charge in [-0.05, 0) is 44.5 Å². The Balaban J connectivity index is 1.70. The Morgan fingerprint density at radius 1 is 1.50 bits per heavy atom. The van der Waals surface area contributed by atoms with Crippen LogP contribution in [-0.4, -0.2) is 43.0 Å². The molecule has 0 saturated carbocycles. The van der Waals surface area contributed by atoms with Crippen LogP contribution >= 0.6 is 0 Å². The van der Waals surface area contributed by atoms with E-state index in [1.54, 1.807) is 0 Å². The molecule has 1 aromatic carbocycles. The average Bonchev–Trinajstić information content (AvgIpc) is 2.41. The number of carbonyl (C=O) groups is 1. The summed E-state index contributed by atoms with van der Waals surface area (Å²) in [7, 11) is 0. The number of anilines is 1. The third-order valence-corrected chi connectivity index (χ3v) is 3.79. The van der Waals surface area contributed by atoms with E-state index in [0.29, 0.717) is 12.5 Å². The number of carbonyl (C=O) groups excluding carboxylic acids is 1. The first-order valence-corrected chi connectivity index (χ1v) is 7.46. The molecule has 0 aliphatic carbocycles. The monoisotopic (exact) mass is 275 g/mol. The van der Waals surface area contributed by atoms with Crippen molar-refractivity contribution in [3.05, 3.63) is 29.8 Å². The molecule has 1 aromatic rings. The summed E-state index contributed by atoms with van der Waals surface area (Å²) in [6.07, 6.45) is 1.51. The zero-order valence-corrected chi connectivity index (χ0v) is 12.5. The van der Waals surface area contributed by atoms with Gasteiger partial charge in [-0.2, -0.15) is 0 Å². The first-order valence-electron chi connectivity index (χ1n) is 7.46. The van der Waals surface area contributed by atoms with Gasteiger partial charge >= 0.3 is 0 Å². The van der Waals surface area contributed by atoms with E-state index < -0.39 is 0 Å². The van der Waals surface area contributed by atoms with E-state index in [1.165, 1.54) is 0 Å². The maximum atomic E-state index is 11.9. The van der Waals surface area contributed by atoms with Crippen molar-refractivity contribution in [1.29, 1.82) is 0 Å². The molecule has 2 rings (SSSR count). The van der Waals surface area contributed by atoms with Gasteiger partial charge in [-0.1, -0.05) is 12.1 Å². The molecular formula is C16H25N3O. The second-order valence-corrected chi connectivity index (χ2v) is 5.61. The lowest BCUT2D eigenvalue weighted by molar-refractivity contribution is -0.116. The molecule has 20 heavy (non-hydrogen) atoms. The third-order valence-electron chi connectivity index (χ3n) is 3.79. The van der Waals surface area contributed by atoms with Crippen LogP contribution in [0.15, 0.2) is 24.3 Å². The lowest BCUT2D eigenvalue weighted by Gasteiger charge is -2.33. The topological polar surface area (TPSA) is 44.4 Å².